The number of nitrogens with two attached hydrogens (primary N) is 1. The topological polar surface area (TPSA) is 93.5 Å². The number of hydrogen-bond acceptors (Lipinski definition) is 6. The van der Waals surface area contributed by atoms with E-state index in [1.807, 2.05) is 6.92 Å². The molecule has 1 heterocycles. The summed E-state index contributed by atoms with van der Waals surface area (Å²) < 4.78 is 4.78. The summed E-state index contributed by atoms with van der Waals surface area (Å²) in [4.78, 5) is 24.4. The minimum Gasteiger partial charge on any atom is -0.465 e. The summed E-state index contributed by atoms with van der Waals surface area (Å²) in [6, 6.07) is 0.331. The third-order valence-electron chi connectivity index (χ3n) is 3.50. The second kappa shape index (κ2) is 6.34. The van der Waals surface area contributed by atoms with E-state index in [4.69, 9.17) is 10.5 Å². The van der Waals surface area contributed by atoms with E-state index in [-0.39, 0.29) is 17.2 Å². The molecule has 1 aliphatic carbocycles. The Hall–Kier alpha value is -1.76. The van der Waals surface area contributed by atoms with Crippen LogP contribution in [0.15, 0.2) is 0 Å². The maximum atomic E-state index is 12.1. The summed E-state index contributed by atoms with van der Waals surface area (Å²) in [5.74, 6) is -0.202. The van der Waals surface area contributed by atoms with Gasteiger partial charge in [-0.2, -0.15) is 0 Å². The molecule has 1 saturated carbocycles. The lowest BCUT2D eigenvalue weighted by atomic mass is 10.2. The maximum absolute atomic E-state index is 12.1. The van der Waals surface area contributed by atoms with Gasteiger partial charge in [-0.3, -0.25) is 4.79 Å². The Balaban J connectivity index is 2.29. The predicted molar refractivity (Wildman–Crippen MR) is 83.9 cm³/mol. The second-order valence-electron chi connectivity index (χ2n) is 5.26. The van der Waals surface area contributed by atoms with Crippen molar-refractivity contribution < 1.29 is 14.3 Å². The van der Waals surface area contributed by atoms with Crippen LogP contribution in [0.2, 0.25) is 0 Å². The average molecular weight is 311 g/mol. The first kappa shape index (κ1) is 15.6. The van der Waals surface area contributed by atoms with Crippen LogP contribution in [0.3, 0.4) is 0 Å². The molecule has 0 aliphatic heterocycles. The van der Waals surface area contributed by atoms with E-state index in [0.717, 1.165) is 12.8 Å². The largest absolute Gasteiger partial charge is 0.465 e. The monoisotopic (exact) mass is 311 g/mol. The van der Waals surface area contributed by atoms with Gasteiger partial charge >= 0.3 is 5.97 Å². The molecule has 1 amide bonds. The lowest BCUT2D eigenvalue weighted by molar-refractivity contribution is 0.0603. The molecule has 7 heteroatoms. The quantitative estimate of drug-likeness (QED) is 0.699. The zero-order chi connectivity index (χ0) is 15.6. The van der Waals surface area contributed by atoms with Crippen molar-refractivity contribution in [2.45, 2.75) is 32.7 Å². The average Bonchev–Trinajstić information content (AvgIpc) is 3.05. The number of thiophene rings is 1. The molecule has 1 fully saturated rings. The third-order valence-corrected chi connectivity index (χ3v) is 4.64. The molecule has 0 bridgehead atoms. The summed E-state index contributed by atoms with van der Waals surface area (Å²) in [6.07, 6.45) is 1.89. The number of methoxy groups -OCH3 is 1. The number of carbonyl (C=O) groups excluding carboxylic acids is 2. The van der Waals surface area contributed by atoms with Crippen molar-refractivity contribution in [3.8, 4) is 0 Å². The first-order valence-electron chi connectivity index (χ1n) is 7.04. The van der Waals surface area contributed by atoms with Crippen LogP contribution in [0.25, 0.3) is 0 Å². The lowest BCUT2D eigenvalue weighted by Gasteiger charge is -2.05. The molecule has 0 spiro atoms. The molecule has 0 aromatic carbocycles. The van der Waals surface area contributed by atoms with Crippen molar-refractivity contribution in [3.63, 3.8) is 0 Å². The Labute approximate surface area is 128 Å². The predicted octanol–water partition coefficient (Wildman–Crippen LogP) is 2.08. The number of rotatable bonds is 6. The van der Waals surface area contributed by atoms with E-state index >= 15 is 0 Å². The highest BCUT2D eigenvalue weighted by Crippen LogP contribution is 2.41. The van der Waals surface area contributed by atoms with Gasteiger partial charge in [0.2, 0.25) is 0 Å². The molecule has 0 saturated heterocycles. The van der Waals surface area contributed by atoms with Gasteiger partial charge in [-0.15, -0.1) is 11.3 Å². The Morgan fingerprint density at radius 1 is 1.48 bits per heavy atom. The van der Waals surface area contributed by atoms with E-state index in [9.17, 15) is 9.59 Å². The van der Waals surface area contributed by atoms with Crippen LogP contribution in [-0.4, -0.2) is 31.6 Å². The van der Waals surface area contributed by atoms with E-state index in [2.05, 4.69) is 17.6 Å². The molecule has 2 atom stereocenters. The first-order valence-corrected chi connectivity index (χ1v) is 7.86. The molecule has 6 nitrogen and oxygen atoms in total. The third kappa shape index (κ3) is 3.29. The number of anilines is 2. The van der Waals surface area contributed by atoms with Crippen molar-refractivity contribution in [2.75, 3.05) is 24.7 Å². The van der Waals surface area contributed by atoms with Crippen LogP contribution in [0.1, 0.15) is 46.7 Å². The Morgan fingerprint density at radius 2 is 2.14 bits per heavy atom. The highest BCUT2D eigenvalue weighted by atomic mass is 32.1. The number of nitrogen functional groups attached to an aromatic ring is 1. The number of nitrogens with one attached hydrogen (secondary N) is 2. The standard InChI is InChI=1S/C14H21N3O3S/c1-4-5-16-12(18)11-10(15)9(14(19)20-3)13(21-11)17-8-6-7(8)2/h7-8,17H,4-6,15H2,1-3H3,(H,16,18). The number of ether oxygens (including phenoxy) is 1. The fraction of sp³-hybridized carbons (Fsp3) is 0.571. The van der Waals surface area contributed by atoms with E-state index in [1.165, 1.54) is 18.4 Å². The summed E-state index contributed by atoms with van der Waals surface area (Å²) in [7, 11) is 1.31. The van der Waals surface area contributed by atoms with E-state index < -0.39 is 5.97 Å². The lowest BCUT2D eigenvalue weighted by Crippen LogP contribution is -2.24. The highest BCUT2D eigenvalue weighted by Gasteiger charge is 2.35. The molecule has 116 valence electrons. The fourth-order valence-corrected chi connectivity index (χ4v) is 3.12. The number of esters is 1. The number of amides is 1. The van der Waals surface area contributed by atoms with Gasteiger partial charge in [0.05, 0.1) is 12.8 Å². The molecular formula is C14H21N3O3S. The molecule has 0 radical (unpaired) electrons. The molecule has 21 heavy (non-hydrogen) atoms. The van der Waals surface area contributed by atoms with Crippen molar-refractivity contribution in [2.24, 2.45) is 5.92 Å². The van der Waals surface area contributed by atoms with Gasteiger partial charge in [-0.05, 0) is 18.8 Å². The number of hydrogen-bond donors (Lipinski definition) is 3. The summed E-state index contributed by atoms with van der Waals surface area (Å²) in [5, 5.41) is 6.68. The fourth-order valence-electron chi connectivity index (χ4n) is 2.03. The summed E-state index contributed by atoms with van der Waals surface area (Å²) in [6.45, 7) is 4.67. The molecule has 1 aromatic heterocycles. The van der Waals surface area contributed by atoms with Gasteiger partial charge in [0.25, 0.3) is 5.91 Å². The minimum atomic E-state index is -0.519. The van der Waals surface area contributed by atoms with Gasteiger partial charge in [-0.1, -0.05) is 13.8 Å². The van der Waals surface area contributed by atoms with E-state index in [0.29, 0.717) is 28.4 Å². The van der Waals surface area contributed by atoms with Crippen molar-refractivity contribution in [1.29, 1.82) is 0 Å². The molecular weight excluding hydrogens is 290 g/mol. The highest BCUT2D eigenvalue weighted by molar-refractivity contribution is 7.19. The molecule has 1 aliphatic rings. The minimum absolute atomic E-state index is 0.191. The molecule has 2 rings (SSSR count). The van der Waals surface area contributed by atoms with Gasteiger partial charge in [0, 0.05) is 12.6 Å². The summed E-state index contributed by atoms with van der Waals surface area (Å²) >= 11 is 1.21. The maximum Gasteiger partial charge on any atom is 0.343 e. The SMILES string of the molecule is CCCNC(=O)c1sc(NC2CC2C)c(C(=O)OC)c1N. The van der Waals surface area contributed by atoms with Crippen LogP contribution in [0.4, 0.5) is 10.7 Å². The molecule has 2 unspecified atom stereocenters. The van der Waals surface area contributed by atoms with Gasteiger partial charge in [0.1, 0.15) is 15.4 Å². The van der Waals surface area contributed by atoms with Gasteiger partial charge in [0.15, 0.2) is 0 Å². The first-order chi connectivity index (χ1) is 9.99. The Bertz CT molecular complexity index is 556. The van der Waals surface area contributed by atoms with Crippen LogP contribution >= 0.6 is 11.3 Å². The van der Waals surface area contributed by atoms with Crippen molar-refractivity contribution in [1.82, 2.24) is 5.32 Å². The molecule has 1 aromatic rings. The smallest absolute Gasteiger partial charge is 0.343 e. The zero-order valence-electron chi connectivity index (χ0n) is 12.5. The second-order valence-corrected chi connectivity index (χ2v) is 6.28. The zero-order valence-corrected chi connectivity index (χ0v) is 13.3. The van der Waals surface area contributed by atoms with Gasteiger partial charge in [-0.25, -0.2) is 4.79 Å². The van der Waals surface area contributed by atoms with E-state index in [1.54, 1.807) is 0 Å². The number of carbonyl (C=O) groups is 2. The molecule has 4 N–H and O–H groups in total. The van der Waals surface area contributed by atoms with Crippen LogP contribution in [0.5, 0.6) is 0 Å². The van der Waals surface area contributed by atoms with Crippen LogP contribution in [-0.2, 0) is 4.74 Å². The van der Waals surface area contributed by atoms with Crippen molar-refractivity contribution in [3.05, 3.63) is 10.4 Å². The summed E-state index contributed by atoms with van der Waals surface area (Å²) in [5.41, 5.74) is 6.45. The Kier molecular flexibility index (Phi) is 4.72. The Morgan fingerprint density at radius 3 is 2.67 bits per heavy atom. The normalized spacial score (nSPS) is 20.0. The van der Waals surface area contributed by atoms with Crippen LogP contribution < -0.4 is 16.4 Å². The van der Waals surface area contributed by atoms with Gasteiger partial charge < -0.3 is 21.1 Å². The van der Waals surface area contributed by atoms with Crippen LogP contribution in [0, 0.1) is 5.92 Å². The van der Waals surface area contributed by atoms with Crippen molar-refractivity contribution >= 4 is 33.9 Å².